The molecule has 0 aromatic heterocycles. The molecule has 0 saturated carbocycles. The Morgan fingerprint density at radius 2 is 0.444 bits per heavy atom. The molecule has 0 aromatic carbocycles. The van der Waals surface area contributed by atoms with Crippen LogP contribution in [0.3, 0.4) is 0 Å². The van der Waals surface area contributed by atoms with Crippen molar-refractivity contribution < 1.29 is 51.2 Å². The van der Waals surface area contributed by atoms with E-state index in [0.29, 0.717) is 0 Å². The summed E-state index contributed by atoms with van der Waals surface area (Å²) in [5.74, 6) is 0. The van der Waals surface area contributed by atoms with Crippen LogP contribution in [0.15, 0.2) is 0 Å². The second kappa shape index (κ2) is 119. The molecule has 0 fully saturated rings. The van der Waals surface area contributed by atoms with Crippen molar-refractivity contribution in [2.24, 2.45) is 0 Å². The van der Waals surface area contributed by atoms with E-state index < -0.39 is 0 Å². The Morgan fingerprint density at radius 1 is 0.444 bits per heavy atom. The molecule has 3 nitrogen and oxygen atoms in total. The Labute approximate surface area is 119 Å². The largest absolute Gasteiger partial charge is 3.00 e. The number of hydrogen-bond donors (Lipinski definition) is 0. The molecule has 42 valence electrons. The summed E-state index contributed by atoms with van der Waals surface area (Å²) in [6.07, 6.45) is 0. The van der Waals surface area contributed by atoms with Gasteiger partial charge in [-0.15, -0.1) is 0 Å². The van der Waals surface area contributed by atoms with Crippen molar-refractivity contribution in [1.82, 2.24) is 0 Å². The van der Waals surface area contributed by atoms with Gasteiger partial charge in [-0.05, 0) is 0 Å². The molecular formula is Al4Cr2O3. The van der Waals surface area contributed by atoms with Gasteiger partial charge in [0, 0.05) is 69.4 Å². The second-order valence-electron chi connectivity index (χ2n) is 0. The van der Waals surface area contributed by atoms with Gasteiger partial charge in [-0.1, -0.05) is 0 Å². The maximum absolute atomic E-state index is 0. The van der Waals surface area contributed by atoms with Crippen LogP contribution in [0.2, 0.25) is 0 Å². The average Bonchev–Trinajstić information content (AvgIpc) is 0. The summed E-state index contributed by atoms with van der Waals surface area (Å²) >= 11 is 0. The van der Waals surface area contributed by atoms with Crippen LogP contribution in [0.25, 0.3) is 0 Å². The van der Waals surface area contributed by atoms with E-state index in [-0.39, 0.29) is 121 Å². The van der Waals surface area contributed by atoms with Crippen LogP contribution in [0.5, 0.6) is 0 Å². The van der Waals surface area contributed by atoms with E-state index in [0.717, 1.165) is 0 Å². The van der Waals surface area contributed by atoms with E-state index in [1.54, 1.807) is 0 Å². The zero-order valence-corrected chi connectivity index (χ0v) is 11.5. The van der Waals surface area contributed by atoms with Gasteiger partial charge < -0.3 is 16.4 Å². The van der Waals surface area contributed by atoms with Gasteiger partial charge in [0.1, 0.15) is 0 Å². The minimum absolute atomic E-state index is 0. The Bertz CT molecular complexity index is 13.8. The zero-order chi connectivity index (χ0) is 0. The van der Waals surface area contributed by atoms with Crippen molar-refractivity contribution in [2.75, 3.05) is 0 Å². The fraction of sp³-hybridized carbons (Fsp3) is 0. The maximum atomic E-state index is 0. The van der Waals surface area contributed by atoms with E-state index in [1.807, 2.05) is 0 Å². The standard InChI is InChI=1S/4Al.2Cr.3O/q;;2*+3;;;3*-2. The second-order valence-corrected chi connectivity index (χ2v) is 0. The first-order valence-corrected chi connectivity index (χ1v) is 0. The number of rotatable bonds is 0. The fourth-order valence-electron chi connectivity index (χ4n) is 0. The minimum Gasteiger partial charge on any atom is -2.00 e. The van der Waals surface area contributed by atoms with Crippen LogP contribution in [-0.2, 0) is 51.2 Å². The van der Waals surface area contributed by atoms with Gasteiger partial charge in [0.25, 0.3) is 0 Å². The van der Waals surface area contributed by atoms with E-state index in [1.165, 1.54) is 0 Å². The summed E-state index contributed by atoms with van der Waals surface area (Å²) in [7, 11) is 0. The molecule has 0 rings (SSSR count). The molecule has 0 aliphatic heterocycles. The SMILES string of the molecule is [Al+3].[Al+3].[Al].[Al].[Cr].[Cr].[O-2].[O-2].[O-2]. The molecule has 0 atom stereocenters. The van der Waals surface area contributed by atoms with Gasteiger partial charge in [0.05, 0.1) is 0 Å². The summed E-state index contributed by atoms with van der Waals surface area (Å²) in [4.78, 5) is 0. The van der Waals surface area contributed by atoms with E-state index in [2.05, 4.69) is 0 Å². The van der Waals surface area contributed by atoms with E-state index in [4.69, 9.17) is 0 Å². The van der Waals surface area contributed by atoms with Crippen molar-refractivity contribution in [3.63, 3.8) is 0 Å². The van der Waals surface area contributed by atoms with Crippen LogP contribution in [0.1, 0.15) is 0 Å². The fourth-order valence-corrected chi connectivity index (χ4v) is 0. The Morgan fingerprint density at radius 3 is 0.444 bits per heavy atom. The third-order valence-electron chi connectivity index (χ3n) is 0. The molecule has 9 heavy (non-hydrogen) atoms. The third-order valence-corrected chi connectivity index (χ3v) is 0. The quantitative estimate of drug-likeness (QED) is 0.456. The minimum atomic E-state index is 0. The molecule has 0 unspecified atom stereocenters. The number of hydrogen-bond acceptors (Lipinski definition) is 0. The first kappa shape index (κ1) is 157. The molecule has 0 aliphatic rings. The Balaban J connectivity index is 0. The molecule has 0 spiro atoms. The van der Waals surface area contributed by atoms with Crippen molar-refractivity contribution in [1.29, 1.82) is 0 Å². The van der Waals surface area contributed by atoms with Crippen molar-refractivity contribution >= 4 is 69.4 Å². The maximum Gasteiger partial charge on any atom is 3.00 e. The summed E-state index contributed by atoms with van der Waals surface area (Å²) in [6, 6.07) is 0. The van der Waals surface area contributed by atoms with Gasteiger partial charge in [-0.3, -0.25) is 0 Å². The molecule has 0 heterocycles. The van der Waals surface area contributed by atoms with Gasteiger partial charge in [0.15, 0.2) is 0 Å². The smallest absolute Gasteiger partial charge is 2.00 e. The van der Waals surface area contributed by atoms with Crippen molar-refractivity contribution in [2.45, 2.75) is 0 Å². The van der Waals surface area contributed by atoms with Crippen LogP contribution in [-0.4, -0.2) is 69.4 Å². The van der Waals surface area contributed by atoms with Gasteiger partial charge >= 0.3 is 34.7 Å². The third kappa shape index (κ3) is 96.5. The predicted octanol–water partition coefficient (Wildman–Crippen LogP) is -1.88. The van der Waals surface area contributed by atoms with Gasteiger partial charge in [-0.2, -0.15) is 0 Å². The Kier molecular flexibility index (Phi) is 2070. The van der Waals surface area contributed by atoms with Crippen molar-refractivity contribution in [3.05, 3.63) is 0 Å². The van der Waals surface area contributed by atoms with Crippen LogP contribution in [0, 0.1) is 0 Å². The zero-order valence-electron chi connectivity index (χ0n) is 4.35. The summed E-state index contributed by atoms with van der Waals surface area (Å²) in [5, 5.41) is 0. The van der Waals surface area contributed by atoms with Crippen LogP contribution >= 0.6 is 0 Å². The molecule has 0 aromatic rings. The summed E-state index contributed by atoms with van der Waals surface area (Å²) in [6.45, 7) is 0. The first-order valence-electron chi connectivity index (χ1n) is 0. The first-order chi connectivity index (χ1) is 0. The molecular weight excluding hydrogens is 260 g/mol. The van der Waals surface area contributed by atoms with E-state index in [9.17, 15) is 0 Å². The molecule has 0 amide bonds. The summed E-state index contributed by atoms with van der Waals surface area (Å²) < 4.78 is 0. The molecule has 6 radical (unpaired) electrons. The van der Waals surface area contributed by atoms with Crippen LogP contribution < -0.4 is 0 Å². The summed E-state index contributed by atoms with van der Waals surface area (Å²) in [5.41, 5.74) is 0. The van der Waals surface area contributed by atoms with Crippen LogP contribution in [0.4, 0.5) is 0 Å². The average molecular weight is 260 g/mol. The van der Waals surface area contributed by atoms with Gasteiger partial charge in [-0.25, -0.2) is 0 Å². The molecule has 0 bridgehead atoms. The molecule has 0 saturated heterocycles. The molecule has 0 aliphatic carbocycles. The van der Waals surface area contributed by atoms with E-state index >= 15 is 0 Å². The Hall–Kier alpha value is 3.07. The predicted molar refractivity (Wildman–Crippen MR) is 25.1 cm³/mol. The molecule has 0 N–H and O–H groups in total. The monoisotopic (exact) mass is 260 g/mol. The molecule has 9 heteroatoms. The van der Waals surface area contributed by atoms with Gasteiger partial charge in [0.2, 0.25) is 0 Å². The topological polar surface area (TPSA) is 85.5 Å². The van der Waals surface area contributed by atoms with Crippen molar-refractivity contribution in [3.8, 4) is 0 Å². The normalized spacial score (nSPS) is 0.